The lowest BCUT2D eigenvalue weighted by molar-refractivity contribution is -0.116. The molecule has 8 nitrogen and oxygen atoms in total. The van der Waals surface area contributed by atoms with Gasteiger partial charge in [0.25, 0.3) is 0 Å². The first-order valence-electron chi connectivity index (χ1n) is 16.3. The number of likely N-dealkylation sites (N-methyl/N-ethyl adjacent to an activating group) is 1. The number of benzene rings is 1. The largest absolute Gasteiger partial charge is 0.475 e. The van der Waals surface area contributed by atoms with Crippen molar-refractivity contribution < 1.29 is 22.3 Å². The maximum Gasteiger partial charge on any atom is 0.225 e. The molecular formula is C35H46ClFN4O4S. The smallest absolute Gasteiger partial charge is 0.225 e. The molecule has 6 atom stereocenters. The number of fused-ring (bicyclic) bond motifs is 2. The van der Waals surface area contributed by atoms with E-state index in [2.05, 4.69) is 29.2 Å². The summed E-state index contributed by atoms with van der Waals surface area (Å²) in [6, 6.07) is 8.42. The van der Waals surface area contributed by atoms with Crippen molar-refractivity contribution >= 4 is 33.2 Å². The van der Waals surface area contributed by atoms with E-state index in [9.17, 15) is 13.2 Å². The molecule has 1 amide bonds. The summed E-state index contributed by atoms with van der Waals surface area (Å²) in [4.78, 5) is 20.3. The van der Waals surface area contributed by atoms with E-state index in [1.165, 1.54) is 6.07 Å². The van der Waals surface area contributed by atoms with E-state index < -0.39 is 15.8 Å². The molecule has 3 heterocycles. The van der Waals surface area contributed by atoms with Crippen LogP contribution >= 0.6 is 11.6 Å². The fourth-order valence-corrected chi connectivity index (χ4v) is 9.23. The Balaban J connectivity index is 1.35. The Labute approximate surface area is 278 Å². The van der Waals surface area contributed by atoms with Crippen molar-refractivity contribution in [2.75, 3.05) is 31.2 Å². The molecule has 0 spiro atoms. The third-order valence-electron chi connectivity index (χ3n) is 9.55. The van der Waals surface area contributed by atoms with Gasteiger partial charge in [-0.25, -0.2) is 17.8 Å². The molecule has 1 aromatic heterocycles. The first-order valence-corrected chi connectivity index (χ1v) is 18.3. The summed E-state index contributed by atoms with van der Waals surface area (Å²) in [5, 5.41) is 3.67. The van der Waals surface area contributed by atoms with Gasteiger partial charge in [-0.15, -0.1) is 0 Å². The highest BCUT2D eigenvalue weighted by atomic mass is 35.5. The Morgan fingerprint density at radius 2 is 2.04 bits per heavy atom. The zero-order valence-electron chi connectivity index (χ0n) is 27.2. The average Bonchev–Trinajstić information content (AvgIpc) is 3.22. The summed E-state index contributed by atoms with van der Waals surface area (Å²) in [5.74, 6) is -0.121. The zero-order chi connectivity index (χ0) is 33.0. The summed E-state index contributed by atoms with van der Waals surface area (Å²) in [5.41, 5.74) is 1.73. The van der Waals surface area contributed by atoms with Gasteiger partial charge >= 0.3 is 0 Å². The number of amides is 1. The van der Waals surface area contributed by atoms with Gasteiger partial charge in [0.05, 0.1) is 11.9 Å². The highest BCUT2D eigenvalue weighted by Crippen LogP contribution is 2.37. The number of ether oxygens (including phenoxy) is 1. The highest BCUT2D eigenvalue weighted by Gasteiger charge is 2.41. The van der Waals surface area contributed by atoms with E-state index in [1.807, 2.05) is 44.2 Å². The van der Waals surface area contributed by atoms with Crippen LogP contribution in [0, 0.1) is 17.7 Å². The Bertz CT molecular complexity index is 1570. The molecule has 2 saturated heterocycles. The second-order valence-corrected chi connectivity index (χ2v) is 15.7. The number of nitrogens with zero attached hydrogens (tertiary/aromatic N) is 3. The van der Waals surface area contributed by atoms with Crippen LogP contribution in [0.2, 0.25) is 0 Å². The number of rotatable bonds is 10. The molecule has 5 rings (SSSR count). The number of anilines is 1. The van der Waals surface area contributed by atoms with Crippen LogP contribution in [0.1, 0.15) is 69.9 Å². The standard InChI is InChI=1S/C35H46ClFN4O4S/c1-23(2)45-35-19-26(16-17-38-35)30(25-10-12-27(36)13-11-25)20-34(42)39-32-9-5-8-31(37)29(32)14-15-33-24(3)21-40(4)28-7-6-18-46(43,44)41(33)22-28/h5,8-10,12-13,16-17,19,23-25,28,30,33H,6-7,11,14-15,18,20-22H2,1-4H3,(H,39,42). The number of sulfonamides is 1. The Morgan fingerprint density at radius 3 is 2.78 bits per heavy atom. The van der Waals surface area contributed by atoms with Crippen LogP contribution < -0.4 is 10.1 Å². The highest BCUT2D eigenvalue weighted by molar-refractivity contribution is 7.89. The number of nitrogens with one attached hydrogen (secondary N) is 1. The second-order valence-electron chi connectivity index (χ2n) is 13.3. The fraction of sp³-hybridized carbons (Fsp3) is 0.543. The van der Waals surface area contributed by atoms with E-state index in [4.69, 9.17) is 16.3 Å². The van der Waals surface area contributed by atoms with E-state index >= 15 is 4.39 Å². The van der Waals surface area contributed by atoms with Gasteiger partial charge in [0, 0.05) is 60.1 Å². The molecule has 6 unspecified atom stereocenters. The summed E-state index contributed by atoms with van der Waals surface area (Å²) >= 11 is 6.21. The van der Waals surface area contributed by atoms with Crippen molar-refractivity contribution in [3.05, 3.63) is 76.7 Å². The van der Waals surface area contributed by atoms with Gasteiger partial charge < -0.3 is 15.0 Å². The number of carbonyl (C=O) groups is 1. The van der Waals surface area contributed by atoms with E-state index in [0.29, 0.717) is 54.4 Å². The number of hydrogen-bond donors (Lipinski definition) is 1. The number of allylic oxidation sites excluding steroid dienone is 4. The molecule has 0 radical (unpaired) electrons. The van der Waals surface area contributed by atoms with Crippen molar-refractivity contribution in [3.63, 3.8) is 0 Å². The Kier molecular flexibility index (Phi) is 11.2. The van der Waals surface area contributed by atoms with Gasteiger partial charge in [-0.2, -0.15) is 4.31 Å². The number of aromatic nitrogens is 1. The van der Waals surface area contributed by atoms with Crippen molar-refractivity contribution in [1.82, 2.24) is 14.2 Å². The van der Waals surface area contributed by atoms with E-state index in [0.717, 1.165) is 18.5 Å². The molecule has 1 aromatic carbocycles. The molecule has 2 bridgehead atoms. The topological polar surface area (TPSA) is 91.8 Å². The van der Waals surface area contributed by atoms with Crippen molar-refractivity contribution in [1.29, 1.82) is 0 Å². The molecule has 2 aliphatic heterocycles. The molecule has 250 valence electrons. The number of carbonyl (C=O) groups excluding carboxylic acids is 1. The molecule has 11 heteroatoms. The number of pyridine rings is 1. The van der Waals surface area contributed by atoms with Gasteiger partial charge in [-0.3, -0.25) is 4.79 Å². The zero-order valence-corrected chi connectivity index (χ0v) is 28.7. The van der Waals surface area contributed by atoms with Crippen LogP contribution in [0.25, 0.3) is 0 Å². The van der Waals surface area contributed by atoms with Gasteiger partial charge in [-0.05, 0) is 101 Å². The van der Waals surface area contributed by atoms with Crippen LogP contribution in [0.4, 0.5) is 10.1 Å². The second kappa shape index (κ2) is 15.0. The summed E-state index contributed by atoms with van der Waals surface area (Å²) in [6.07, 6.45) is 10.6. The van der Waals surface area contributed by atoms with E-state index in [-0.39, 0.29) is 54.0 Å². The fourth-order valence-electron chi connectivity index (χ4n) is 7.18. The van der Waals surface area contributed by atoms with Crippen LogP contribution in [-0.4, -0.2) is 72.6 Å². The molecule has 2 fully saturated rings. The molecular weight excluding hydrogens is 627 g/mol. The van der Waals surface area contributed by atoms with Crippen LogP contribution in [0.3, 0.4) is 0 Å². The maximum absolute atomic E-state index is 15.4. The Hall–Kier alpha value is -2.79. The minimum absolute atomic E-state index is 0.0174. The molecule has 2 aromatic rings. The Morgan fingerprint density at radius 1 is 1.24 bits per heavy atom. The molecule has 46 heavy (non-hydrogen) atoms. The lowest BCUT2D eigenvalue weighted by Crippen LogP contribution is -2.45. The predicted octanol–water partition coefficient (Wildman–Crippen LogP) is 6.50. The molecule has 1 N–H and O–H groups in total. The maximum atomic E-state index is 15.4. The SMILES string of the molecule is CC(C)Oc1cc(C(CC(=O)Nc2cccc(F)c2CCC2C(C)CN(C)C3CCCS(=O)(=O)N2C3)C2C=CC(Cl)=CC2)ccn1. The average molecular weight is 673 g/mol. The first kappa shape index (κ1) is 34.5. The monoisotopic (exact) mass is 672 g/mol. The van der Waals surface area contributed by atoms with Gasteiger partial charge in [-0.1, -0.05) is 36.7 Å². The third-order valence-corrected chi connectivity index (χ3v) is 11.8. The quantitative estimate of drug-likeness (QED) is 0.310. The van der Waals surface area contributed by atoms with Crippen LogP contribution in [-0.2, 0) is 21.2 Å². The molecule has 1 aliphatic carbocycles. The lowest BCUT2D eigenvalue weighted by Gasteiger charge is -2.32. The summed E-state index contributed by atoms with van der Waals surface area (Å²) in [7, 11) is -1.35. The van der Waals surface area contributed by atoms with Crippen molar-refractivity contribution in [3.8, 4) is 5.88 Å². The minimum atomic E-state index is -3.42. The predicted molar refractivity (Wildman–Crippen MR) is 181 cm³/mol. The number of halogens is 2. The normalized spacial score (nSPS) is 26.9. The summed E-state index contributed by atoms with van der Waals surface area (Å²) in [6.45, 7) is 7.19. The van der Waals surface area contributed by atoms with Crippen molar-refractivity contribution in [2.24, 2.45) is 11.8 Å². The first-order chi connectivity index (χ1) is 21.9. The summed E-state index contributed by atoms with van der Waals surface area (Å²) < 4.78 is 49.6. The van der Waals surface area contributed by atoms with Gasteiger partial charge in [0.15, 0.2) is 0 Å². The van der Waals surface area contributed by atoms with Crippen molar-refractivity contribution in [2.45, 2.75) is 83.4 Å². The molecule has 0 saturated carbocycles. The number of hydrogen-bond acceptors (Lipinski definition) is 6. The molecule has 3 aliphatic rings. The van der Waals surface area contributed by atoms with Crippen LogP contribution in [0.15, 0.2) is 59.8 Å². The minimum Gasteiger partial charge on any atom is -0.475 e. The van der Waals surface area contributed by atoms with Gasteiger partial charge in [0.1, 0.15) is 5.82 Å². The van der Waals surface area contributed by atoms with E-state index in [1.54, 1.807) is 22.6 Å². The lowest BCUT2D eigenvalue weighted by atomic mass is 9.80. The van der Waals surface area contributed by atoms with Gasteiger partial charge in [0.2, 0.25) is 21.8 Å². The third kappa shape index (κ3) is 8.37. The van der Waals surface area contributed by atoms with Crippen LogP contribution in [0.5, 0.6) is 5.88 Å².